The Morgan fingerprint density at radius 2 is 1.88 bits per heavy atom. The molecular weight excluding hydrogens is 450 g/mol. The summed E-state index contributed by atoms with van der Waals surface area (Å²) in [7, 11) is 1.67. The van der Waals surface area contributed by atoms with Gasteiger partial charge in [0.15, 0.2) is 6.79 Å². The van der Waals surface area contributed by atoms with E-state index in [4.69, 9.17) is 19.3 Å². The van der Waals surface area contributed by atoms with Crippen molar-refractivity contribution in [3.8, 4) is 16.3 Å². The number of carbonyl (C=O) groups is 1. The molecule has 1 heterocycles. The summed E-state index contributed by atoms with van der Waals surface area (Å²) < 4.78 is 17.0. The van der Waals surface area contributed by atoms with Crippen molar-refractivity contribution in [2.45, 2.75) is 50.9 Å². The maximum absolute atomic E-state index is 10.9. The number of nitrogens with zero attached hydrogens (tertiary/aromatic N) is 1. The molecular formula is C27H33NO5S. The van der Waals surface area contributed by atoms with E-state index in [-0.39, 0.29) is 12.2 Å². The minimum atomic E-state index is -0.954. The molecule has 0 aliphatic heterocycles. The van der Waals surface area contributed by atoms with Gasteiger partial charge in [0.25, 0.3) is 0 Å². The van der Waals surface area contributed by atoms with Crippen LogP contribution in [0.25, 0.3) is 16.6 Å². The summed E-state index contributed by atoms with van der Waals surface area (Å²) in [6.07, 6.45) is 12.4. The molecule has 0 amide bonds. The highest BCUT2D eigenvalue weighted by atomic mass is 32.1. The minimum Gasteiger partial charge on any atom is -0.478 e. The first-order chi connectivity index (χ1) is 16.5. The van der Waals surface area contributed by atoms with E-state index in [1.807, 2.05) is 0 Å². The van der Waals surface area contributed by atoms with Gasteiger partial charge in [0.05, 0.1) is 13.2 Å². The number of benzene rings is 1. The molecule has 4 aliphatic rings. The number of carboxylic acids is 1. The van der Waals surface area contributed by atoms with Crippen molar-refractivity contribution in [3.63, 3.8) is 0 Å². The van der Waals surface area contributed by atoms with Crippen molar-refractivity contribution < 1.29 is 24.1 Å². The number of methoxy groups -OCH3 is 1. The third-order valence-electron chi connectivity index (χ3n) is 7.81. The van der Waals surface area contributed by atoms with Crippen LogP contribution in [0.3, 0.4) is 0 Å². The first kappa shape index (κ1) is 23.5. The van der Waals surface area contributed by atoms with Crippen molar-refractivity contribution in [1.82, 2.24) is 4.98 Å². The van der Waals surface area contributed by atoms with Gasteiger partial charge in [-0.1, -0.05) is 0 Å². The molecule has 0 atom stereocenters. The Hall–Kier alpha value is -2.22. The molecule has 1 aromatic heterocycles. The standard InChI is InChI=1S/C27H33NO5S/c1-17-7-24(33-16-32-6-5-31-2)23(27-12-18-8-19(13-27)10-20(9-18)14-27)11-22(17)26-28-15-21(34-26)3-4-25(29)30/h3-4,7,11,15,18-20H,5-6,8-10,12-14,16H2,1-2H3,(H,29,30)/b4-3+. The fourth-order valence-electron chi connectivity index (χ4n) is 6.83. The summed E-state index contributed by atoms with van der Waals surface area (Å²) in [4.78, 5) is 16.4. The number of rotatable bonds is 10. The Morgan fingerprint density at radius 3 is 2.53 bits per heavy atom. The smallest absolute Gasteiger partial charge is 0.328 e. The third-order valence-corrected chi connectivity index (χ3v) is 8.81. The Morgan fingerprint density at radius 1 is 1.18 bits per heavy atom. The van der Waals surface area contributed by atoms with Crippen LogP contribution in [0, 0.1) is 24.7 Å². The van der Waals surface area contributed by atoms with Crippen LogP contribution in [0.2, 0.25) is 0 Å². The van der Waals surface area contributed by atoms with Gasteiger partial charge in [-0.25, -0.2) is 9.78 Å². The molecule has 7 heteroatoms. The lowest BCUT2D eigenvalue weighted by Crippen LogP contribution is -2.48. The highest BCUT2D eigenvalue weighted by molar-refractivity contribution is 7.15. The molecule has 4 fully saturated rings. The van der Waals surface area contributed by atoms with Gasteiger partial charge in [-0.2, -0.15) is 0 Å². The number of ether oxygens (including phenoxy) is 3. The molecule has 6 nitrogen and oxygen atoms in total. The molecule has 34 heavy (non-hydrogen) atoms. The normalized spacial score (nSPS) is 27.5. The third kappa shape index (κ3) is 4.79. The van der Waals surface area contributed by atoms with Crippen LogP contribution in [0.4, 0.5) is 0 Å². The van der Waals surface area contributed by atoms with Crippen LogP contribution >= 0.6 is 11.3 Å². The van der Waals surface area contributed by atoms with Crippen molar-refractivity contribution in [3.05, 3.63) is 40.4 Å². The molecule has 4 saturated carbocycles. The van der Waals surface area contributed by atoms with Gasteiger partial charge in [-0.05, 0) is 92.4 Å². The molecule has 1 aromatic carbocycles. The van der Waals surface area contributed by atoms with Crippen LogP contribution in [0.15, 0.2) is 24.4 Å². The highest BCUT2D eigenvalue weighted by Gasteiger charge is 2.52. The van der Waals surface area contributed by atoms with Crippen molar-refractivity contribution in [2.24, 2.45) is 17.8 Å². The summed E-state index contributed by atoms with van der Waals surface area (Å²) in [5.41, 5.74) is 3.68. The maximum Gasteiger partial charge on any atom is 0.328 e. The fraction of sp³-hybridized carbons (Fsp3) is 0.556. The van der Waals surface area contributed by atoms with E-state index in [2.05, 4.69) is 24.0 Å². The van der Waals surface area contributed by atoms with E-state index < -0.39 is 5.97 Å². The quantitative estimate of drug-likeness (QED) is 0.266. The molecule has 1 N–H and O–H groups in total. The van der Waals surface area contributed by atoms with Gasteiger partial charge in [0.2, 0.25) is 0 Å². The first-order valence-electron chi connectivity index (χ1n) is 12.2. The van der Waals surface area contributed by atoms with E-state index in [0.29, 0.717) is 13.2 Å². The Bertz CT molecular complexity index is 1040. The lowest BCUT2D eigenvalue weighted by atomic mass is 9.48. The van der Waals surface area contributed by atoms with Crippen LogP contribution in [0.1, 0.15) is 54.5 Å². The van der Waals surface area contributed by atoms with Crippen molar-refractivity contribution in [2.75, 3.05) is 27.1 Å². The minimum absolute atomic E-state index is 0.169. The van der Waals surface area contributed by atoms with E-state index in [0.717, 1.165) is 50.6 Å². The topological polar surface area (TPSA) is 77.9 Å². The number of carboxylic acid groups (broad SMARTS) is 1. The van der Waals surface area contributed by atoms with Gasteiger partial charge >= 0.3 is 5.97 Å². The van der Waals surface area contributed by atoms with E-state index >= 15 is 0 Å². The Labute approximate surface area is 205 Å². The molecule has 0 radical (unpaired) electrons. The summed E-state index contributed by atoms with van der Waals surface area (Å²) in [5.74, 6) is 2.46. The molecule has 182 valence electrons. The summed E-state index contributed by atoms with van der Waals surface area (Å²) >= 11 is 1.52. The number of aliphatic carboxylic acids is 1. The molecule has 0 spiro atoms. The van der Waals surface area contributed by atoms with Gasteiger partial charge < -0.3 is 19.3 Å². The van der Waals surface area contributed by atoms with E-state index in [1.165, 1.54) is 55.4 Å². The average molecular weight is 484 g/mol. The average Bonchev–Trinajstić information content (AvgIpc) is 3.25. The number of aromatic nitrogens is 1. The zero-order valence-electron chi connectivity index (χ0n) is 19.9. The zero-order valence-corrected chi connectivity index (χ0v) is 20.7. The SMILES string of the molecule is COCCOCOc1cc(C)c(-c2ncc(/C=C/C(=O)O)s2)cc1C12CC3CC(CC(C3)C1)C2. The number of aryl methyl sites for hydroxylation is 1. The maximum atomic E-state index is 10.9. The van der Waals surface area contributed by atoms with E-state index in [9.17, 15) is 4.79 Å². The highest BCUT2D eigenvalue weighted by Crippen LogP contribution is 2.62. The monoisotopic (exact) mass is 483 g/mol. The predicted molar refractivity (Wildman–Crippen MR) is 132 cm³/mol. The van der Waals surface area contributed by atoms with Gasteiger partial charge in [-0.15, -0.1) is 11.3 Å². The second kappa shape index (κ2) is 9.80. The van der Waals surface area contributed by atoms with Crippen LogP contribution < -0.4 is 4.74 Å². The molecule has 6 rings (SSSR count). The second-order valence-corrected chi connectivity index (χ2v) is 11.3. The predicted octanol–water partition coefficient (Wildman–Crippen LogP) is 5.68. The van der Waals surface area contributed by atoms with Gasteiger partial charge in [0.1, 0.15) is 10.8 Å². The summed E-state index contributed by atoms with van der Waals surface area (Å²) in [5, 5.41) is 9.86. The summed E-state index contributed by atoms with van der Waals surface area (Å²) in [6, 6.07) is 4.47. The molecule has 4 bridgehead atoms. The largest absolute Gasteiger partial charge is 0.478 e. The van der Waals surface area contributed by atoms with Gasteiger partial charge in [0, 0.05) is 35.4 Å². The molecule has 4 aliphatic carbocycles. The zero-order chi connectivity index (χ0) is 23.7. The number of hydrogen-bond donors (Lipinski definition) is 1. The van der Waals surface area contributed by atoms with Crippen molar-refractivity contribution >= 4 is 23.4 Å². The van der Waals surface area contributed by atoms with Crippen molar-refractivity contribution in [1.29, 1.82) is 0 Å². The second-order valence-electron chi connectivity index (χ2n) is 10.3. The van der Waals surface area contributed by atoms with Gasteiger partial charge in [-0.3, -0.25) is 0 Å². The Kier molecular flexibility index (Phi) is 6.78. The first-order valence-corrected chi connectivity index (χ1v) is 13.0. The van der Waals surface area contributed by atoms with Crippen LogP contribution in [-0.4, -0.2) is 43.2 Å². The fourth-order valence-corrected chi connectivity index (χ4v) is 7.73. The lowest BCUT2D eigenvalue weighted by molar-refractivity contribution is -0.131. The van der Waals surface area contributed by atoms with E-state index in [1.54, 1.807) is 19.4 Å². The summed E-state index contributed by atoms with van der Waals surface area (Å²) in [6.45, 7) is 3.35. The number of hydrogen-bond acceptors (Lipinski definition) is 6. The molecule has 2 aromatic rings. The van der Waals surface area contributed by atoms with Crippen LogP contribution in [-0.2, 0) is 19.7 Å². The number of thiazole rings is 1. The molecule has 0 saturated heterocycles. The lowest BCUT2D eigenvalue weighted by Gasteiger charge is -2.57. The Balaban J connectivity index is 1.49. The molecule has 0 unspecified atom stereocenters. The van der Waals surface area contributed by atoms with Crippen LogP contribution in [0.5, 0.6) is 5.75 Å².